The molecule has 7 heteroatoms. The number of benzene rings is 2. The molecule has 2 aromatic carbocycles. The quantitative estimate of drug-likeness (QED) is 0.351. The zero-order chi connectivity index (χ0) is 22.2. The largest absolute Gasteiger partial charge is 0.495 e. The average molecular weight is 425 g/mol. The van der Waals surface area contributed by atoms with Crippen LogP contribution < -0.4 is 10.1 Å². The van der Waals surface area contributed by atoms with Crippen LogP contribution in [0.3, 0.4) is 0 Å². The van der Waals surface area contributed by atoms with Crippen LogP contribution in [0.1, 0.15) is 33.5 Å². The Bertz CT molecular complexity index is 1240. The van der Waals surface area contributed by atoms with Gasteiger partial charge in [-0.15, -0.1) is 0 Å². The highest BCUT2D eigenvalue weighted by molar-refractivity contribution is 5.95. The summed E-state index contributed by atoms with van der Waals surface area (Å²) in [5, 5.41) is 14.0. The number of nitrogens with one attached hydrogen (secondary N) is 2. The van der Waals surface area contributed by atoms with E-state index in [1.54, 1.807) is 36.3 Å². The minimum Gasteiger partial charge on any atom is -0.495 e. The molecule has 2 N–H and O–H groups in total. The van der Waals surface area contributed by atoms with Crippen molar-refractivity contribution in [2.45, 2.75) is 12.8 Å². The first kappa shape index (κ1) is 20.9. The van der Waals surface area contributed by atoms with E-state index < -0.39 is 0 Å². The first-order valence-corrected chi connectivity index (χ1v) is 10.3. The van der Waals surface area contributed by atoms with E-state index in [4.69, 9.17) is 4.74 Å². The number of carbonyl (C=O) groups is 1. The molecule has 0 aliphatic carbocycles. The van der Waals surface area contributed by atoms with Gasteiger partial charge in [0.05, 0.1) is 30.1 Å². The zero-order valence-corrected chi connectivity index (χ0v) is 17.7. The minimum absolute atomic E-state index is 0.135. The summed E-state index contributed by atoms with van der Waals surface area (Å²) in [6.07, 6.45) is 8.89. The Morgan fingerprint density at radius 3 is 2.81 bits per heavy atom. The lowest BCUT2D eigenvalue weighted by atomic mass is 10.1. The van der Waals surface area contributed by atoms with Crippen LogP contribution in [-0.4, -0.2) is 39.5 Å². The number of aryl methyl sites for hydroxylation is 1. The standard InChI is InChI=1S/C25H23N5O2/c1-32-24-8-3-2-7-20(24)9-10-21-16-22(11-12-23(21)30-15-5-14-29-30)25(31)26-13-4-6-19-17-27-28-18-19/h2-3,5,7-8,11-12,14-18H,4,6,13H2,1H3,(H,26,31)(H,27,28). The second-order valence-corrected chi connectivity index (χ2v) is 7.10. The molecule has 0 spiro atoms. The van der Waals surface area contributed by atoms with Crippen LogP contribution in [0.15, 0.2) is 73.3 Å². The van der Waals surface area contributed by atoms with Crippen LogP contribution in [0.25, 0.3) is 5.69 Å². The maximum atomic E-state index is 12.7. The van der Waals surface area contributed by atoms with Crippen molar-refractivity contribution in [1.29, 1.82) is 0 Å². The van der Waals surface area contributed by atoms with Crippen LogP contribution in [0.4, 0.5) is 0 Å². The summed E-state index contributed by atoms with van der Waals surface area (Å²) in [6, 6.07) is 14.9. The number of para-hydroxylation sites is 1. The Morgan fingerprint density at radius 1 is 1.16 bits per heavy atom. The fourth-order valence-electron chi connectivity index (χ4n) is 3.28. The normalized spacial score (nSPS) is 10.3. The highest BCUT2D eigenvalue weighted by atomic mass is 16.5. The van der Waals surface area contributed by atoms with Crippen molar-refractivity contribution in [3.05, 3.63) is 95.6 Å². The lowest BCUT2D eigenvalue weighted by molar-refractivity contribution is 0.0953. The highest BCUT2D eigenvalue weighted by Crippen LogP contribution is 2.18. The van der Waals surface area contributed by atoms with Gasteiger partial charge >= 0.3 is 0 Å². The zero-order valence-electron chi connectivity index (χ0n) is 17.7. The number of aromatic amines is 1. The summed E-state index contributed by atoms with van der Waals surface area (Å²) < 4.78 is 7.12. The number of nitrogens with zero attached hydrogens (tertiary/aromatic N) is 3. The molecule has 0 atom stereocenters. The molecule has 4 rings (SSSR count). The smallest absolute Gasteiger partial charge is 0.251 e. The summed E-state index contributed by atoms with van der Waals surface area (Å²) >= 11 is 0. The van der Waals surface area contributed by atoms with Crippen LogP contribution in [-0.2, 0) is 6.42 Å². The highest BCUT2D eigenvalue weighted by Gasteiger charge is 2.10. The molecule has 160 valence electrons. The van der Waals surface area contributed by atoms with Gasteiger partial charge in [-0.05, 0) is 54.8 Å². The van der Waals surface area contributed by atoms with E-state index in [1.807, 2.05) is 48.8 Å². The molecule has 7 nitrogen and oxygen atoms in total. The molecule has 0 fully saturated rings. The summed E-state index contributed by atoms with van der Waals surface area (Å²) in [4.78, 5) is 12.7. The maximum Gasteiger partial charge on any atom is 0.251 e. The SMILES string of the molecule is COc1ccccc1C#Cc1cc(C(=O)NCCCc2cn[nH]c2)ccc1-n1cccn1. The van der Waals surface area contributed by atoms with Gasteiger partial charge in [-0.2, -0.15) is 10.2 Å². The van der Waals surface area contributed by atoms with Crippen LogP contribution in [0.2, 0.25) is 0 Å². The molecule has 0 aliphatic rings. The van der Waals surface area contributed by atoms with E-state index in [0.29, 0.717) is 23.4 Å². The van der Waals surface area contributed by atoms with E-state index in [0.717, 1.165) is 29.7 Å². The van der Waals surface area contributed by atoms with E-state index in [9.17, 15) is 4.79 Å². The second-order valence-electron chi connectivity index (χ2n) is 7.10. The predicted octanol–water partition coefficient (Wildman–Crippen LogP) is 3.37. The van der Waals surface area contributed by atoms with Crippen LogP contribution in [0, 0.1) is 11.8 Å². The van der Waals surface area contributed by atoms with Gasteiger partial charge in [0.1, 0.15) is 5.75 Å². The number of hydrogen-bond acceptors (Lipinski definition) is 4. The van der Waals surface area contributed by atoms with Crippen molar-refractivity contribution in [1.82, 2.24) is 25.3 Å². The predicted molar refractivity (Wildman–Crippen MR) is 122 cm³/mol. The van der Waals surface area contributed by atoms with Gasteiger partial charge in [-0.3, -0.25) is 9.89 Å². The van der Waals surface area contributed by atoms with Gasteiger partial charge in [-0.1, -0.05) is 24.0 Å². The lowest BCUT2D eigenvalue weighted by Crippen LogP contribution is -2.25. The van der Waals surface area contributed by atoms with Crippen LogP contribution in [0.5, 0.6) is 5.75 Å². The number of hydrogen-bond donors (Lipinski definition) is 2. The third-order valence-corrected chi connectivity index (χ3v) is 4.93. The number of carbonyl (C=O) groups excluding carboxylic acids is 1. The Hall–Kier alpha value is -4.31. The van der Waals surface area contributed by atoms with Gasteiger partial charge in [-0.25, -0.2) is 4.68 Å². The Morgan fingerprint density at radius 2 is 2.03 bits per heavy atom. The molecular weight excluding hydrogens is 402 g/mol. The van der Waals surface area contributed by atoms with Crippen molar-refractivity contribution in [2.75, 3.05) is 13.7 Å². The van der Waals surface area contributed by atoms with Crippen molar-refractivity contribution in [3.63, 3.8) is 0 Å². The first-order chi connectivity index (χ1) is 15.7. The molecule has 0 saturated heterocycles. The molecular formula is C25H23N5O2. The summed E-state index contributed by atoms with van der Waals surface area (Å²) in [7, 11) is 1.62. The molecule has 4 aromatic rings. The molecule has 2 aromatic heterocycles. The Kier molecular flexibility index (Phi) is 6.63. The number of H-pyrrole nitrogens is 1. The molecule has 1 amide bonds. The minimum atomic E-state index is -0.135. The van der Waals surface area contributed by atoms with Gasteiger partial charge in [0.25, 0.3) is 5.91 Å². The van der Waals surface area contributed by atoms with Crippen molar-refractivity contribution in [2.24, 2.45) is 0 Å². The first-order valence-electron chi connectivity index (χ1n) is 10.3. The summed E-state index contributed by atoms with van der Waals surface area (Å²) in [6.45, 7) is 0.577. The molecule has 0 saturated carbocycles. The van der Waals surface area contributed by atoms with E-state index in [1.165, 1.54) is 0 Å². The van der Waals surface area contributed by atoms with Crippen molar-refractivity contribution in [3.8, 4) is 23.3 Å². The van der Waals surface area contributed by atoms with Crippen molar-refractivity contribution < 1.29 is 9.53 Å². The Balaban J connectivity index is 1.55. The number of methoxy groups -OCH3 is 1. The maximum absolute atomic E-state index is 12.7. The van der Waals surface area contributed by atoms with Gasteiger partial charge in [0.2, 0.25) is 0 Å². The molecule has 0 bridgehead atoms. The molecule has 0 aliphatic heterocycles. The molecule has 2 heterocycles. The van der Waals surface area contributed by atoms with Crippen molar-refractivity contribution >= 4 is 5.91 Å². The average Bonchev–Trinajstić information content (AvgIpc) is 3.55. The number of amides is 1. The fraction of sp³-hybridized carbons (Fsp3) is 0.160. The molecule has 32 heavy (non-hydrogen) atoms. The summed E-state index contributed by atoms with van der Waals surface area (Å²) in [5.74, 6) is 6.92. The number of rotatable bonds is 7. The van der Waals surface area contributed by atoms with Gasteiger partial charge in [0, 0.05) is 30.7 Å². The molecule has 0 unspecified atom stereocenters. The lowest BCUT2D eigenvalue weighted by Gasteiger charge is -2.09. The van der Waals surface area contributed by atoms with E-state index >= 15 is 0 Å². The topological polar surface area (TPSA) is 84.8 Å². The van der Waals surface area contributed by atoms with Gasteiger partial charge in [0.15, 0.2) is 0 Å². The fourth-order valence-corrected chi connectivity index (χ4v) is 3.28. The number of aromatic nitrogens is 4. The monoisotopic (exact) mass is 425 g/mol. The third kappa shape index (κ3) is 5.05. The number of ether oxygens (including phenoxy) is 1. The summed E-state index contributed by atoms with van der Waals surface area (Å²) in [5.41, 5.74) is 3.94. The van der Waals surface area contributed by atoms with Gasteiger partial charge < -0.3 is 10.1 Å². The van der Waals surface area contributed by atoms with E-state index in [-0.39, 0.29) is 5.91 Å². The third-order valence-electron chi connectivity index (χ3n) is 4.93. The van der Waals surface area contributed by atoms with Crippen LogP contribution >= 0.6 is 0 Å². The second kappa shape index (κ2) is 10.1. The molecule has 0 radical (unpaired) electrons. The van der Waals surface area contributed by atoms with E-state index in [2.05, 4.69) is 32.5 Å². The Labute approximate surface area is 186 Å².